The predicted octanol–water partition coefficient (Wildman–Crippen LogP) is 1.22. The molecule has 2 aliphatic heterocycles. The monoisotopic (exact) mass is 364 g/mol. The molecule has 27 heavy (non-hydrogen) atoms. The second kappa shape index (κ2) is 7.14. The number of hydrogen-bond acceptors (Lipinski definition) is 2. The minimum absolute atomic E-state index is 0.0196. The minimum atomic E-state index is -0.320. The lowest BCUT2D eigenvalue weighted by atomic mass is 9.89. The van der Waals surface area contributed by atoms with Gasteiger partial charge in [-0.25, -0.2) is 4.99 Å². The van der Waals surface area contributed by atoms with Crippen LogP contribution in [0.5, 0.6) is 0 Å². The summed E-state index contributed by atoms with van der Waals surface area (Å²) in [5, 5.41) is 0. The maximum Gasteiger partial charge on any atom is 0.300 e. The van der Waals surface area contributed by atoms with E-state index in [0.29, 0.717) is 11.5 Å². The van der Waals surface area contributed by atoms with Crippen LogP contribution < -0.4 is 4.99 Å². The highest BCUT2D eigenvalue weighted by atomic mass is 16.2. The maximum absolute atomic E-state index is 12.9. The highest BCUT2D eigenvalue weighted by Gasteiger charge is 2.40. The van der Waals surface area contributed by atoms with Gasteiger partial charge in [-0.2, -0.15) is 0 Å². The molecule has 0 radical (unpaired) electrons. The van der Waals surface area contributed by atoms with E-state index in [4.69, 9.17) is 0 Å². The quantitative estimate of drug-likeness (QED) is 0.874. The molecular weight excluding hydrogens is 338 g/mol. The molecule has 1 N–H and O–H groups in total. The lowest BCUT2D eigenvalue weighted by Gasteiger charge is -2.29. The lowest BCUT2D eigenvalue weighted by Crippen LogP contribution is -2.79. The Hall–Kier alpha value is -2.69. The second-order valence-corrected chi connectivity index (χ2v) is 7.85. The van der Waals surface area contributed by atoms with E-state index in [0.717, 1.165) is 23.3 Å². The number of allylic oxidation sites excluding steroid dienone is 1. The number of rotatable bonds is 4. The normalized spacial score (nSPS) is 21.9. The summed E-state index contributed by atoms with van der Waals surface area (Å²) in [7, 11) is 3.51. The van der Waals surface area contributed by atoms with Gasteiger partial charge in [0.05, 0.1) is 0 Å². The van der Waals surface area contributed by atoms with E-state index in [1.165, 1.54) is 25.7 Å². The molecular formula is C22H26N3O2+. The number of carbonyl (C=O) groups excluding carboxylic acids is 2. The molecule has 1 atom stereocenters. The fourth-order valence-electron chi connectivity index (χ4n) is 4.26. The first-order chi connectivity index (χ1) is 13.0. The smallest absolute Gasteiger partial charge is 0.300 e. The van der Waals surface area contributed by atoms with Crippen LogP contribution in [0.3, 0.4) is 0 Å². The van der Waals surface area contributed by atoms with Gasteiger partial charge in [0, 0.05) is 49.6 Å². The topological polar surface area (TPSA) is 54.6 Å². The van der Waals surface area contributed by atoms with Crippen molar-refractivity contribution in [2.45, 2.75) is 31.7 Å². The molecule has 5 heteroatoms. The molecule has 2 heterocycles. The zero-order valence-electron chi connectivity index (χ0n) is 15.9. The van der Waals surface area contributed by atoms with Gasteiger partial charge in [-0.1, -0.05) is 25.0 Å². The first kappa shape index (κ1) is 17.7. The van der Waals surface area contributed by atoms with Crippen molar-refractivity contribution in [3.63, 3.8) is 0 Å². The summed E-state index contributed by atoms with van der Waals surface area (Å²) in [6.07, 6.45) is 10.7. The standard InChI is InChI=1S/C22H25N3O2/c1-24(2)21(26)17-9-5-8-16(12-17)19-14-25(13-15-6-3-4-7-15)22(27)20-18(19)10-11-23-20/h5,8-12,14-15,20H,3-4,6-7,13H2,1-2H3/p+1. The van der Waals surface area contributed by atoms with Gasteiger partial charge in [0.15, 0.2) is 6.21 Å². The van der Waals surface area contributed by atoms with E-state index in [-0.39, 0.29) is 17.9 Å². The molecule has 140 valence electrons. The molecule has 0 bridgehead atoms. The summed E-state index contributed by atoms with van der Waals surface area (Å²) in [5.41, 5.74) is 3.63. The highest BCUT2D eigenvalue weighted by Crippen LogP contribution is 2.33. The molecule has 0 spiro atoms. The van der Waals surface area contributed by atoms with Crippen LogP contribution >= 0.6 is 0 Å². The van der Waals surface area contributed by atoms with E-state index in [9.17, 15) is 9.59 Å². The highest BCUT2D eigenvalue weighted by molar-refractivity contribution is 6.02. The summed E-state index contributed by atoms with van der Waals surface area (Å²) in [6, 6.07) is 7.36. The van der Waals surface area contributed by atoms with Gasteiger partial charge in [0.1, 0.15) is 0 Å². The second-order valence-electron chi connectivity index (χ2n) is 7.85. The van der Waals surface area contributed by atoms with Crippen LogP contribution in [0.15, 0.2) is 42.1 Å². The van der Waals surface area contributed by atoms with Gasteiger partial charge < -0.3 is 9.80 Å². The SMILES string of the molecule is CN(C)C(=O)c1cccc(C2=CN(CC3CCCC3)C(=O)C3[NH+]=CC=C23)c1. The van der Waals surface area contributed by atoms with Crippen LogP contribution in [-0.2, 0) is 4.79 Å². The number of carbonyl (C=O) groups is 2. The lowest BCUT2D eigenvalue weighted by molar-refractivity contribution is -0.467. The molecule has 0 aromatic heterocycles. The van der Waals surface area contributed by atoms with Gasteiger partial charge in [0.25, 0.3) is 17.9 Å². The molecule has 0 saturated heterocycles. The Labute approximate surface area is 160 Å². The Bertz CT molecular complexity index is 860. The van der Waals surface area contributed by atoms with Gasteiger partial charge in [-0.3, -0.25) is 9.59 Å². The van der Waals surface area contributed by atoms with Crippen LogP contribution in [0, 0.1) is 5.92 Å². The van der Waals surface area contributed by atoms with E-state index in [1.54, 1.807) is 19.0 Å². The van der Waals surface area contributed by atoms with Crippen molar-refractivity contribution in [3.8, 4) is 0 Å². The van der Waals surface area contributed by atoms with Crippen molar-refractivity contribution in [3.05, 3.63) is 53.2 Å². The minimum Gasteiger partial charge on any atom is -0.345 e. The first-order valence-electron chi connectivity index (χ1n) is 9.69. The van der Waals surface area contributed by atoms with E-state index >= 15 is 0 Å². The average molecular weight is 364 g/mol. The third kappa shape index (κ3) is 3.34. The maximum atomic E-state index is 12.9. The summed E-state index contributed by atoms with van der Waals surface area (Å²) in [6.45, 7) is 0.782. The molecule has 3 aliphatic rings. The van der Waals surface area contributed by atoms with Crippen molar-refractivity contribution in [2.75, 3.05) is 20.6 Å². The Morgan fingerprint density at radius 3 is 2.78 bits per heavy atom. The number of amides is 2. The number of hydrogen-bond donors (Lipinski definition) is 1. The van der Waals surface area contributed by atoms with Crippen molar-refractivity contribution in [1.82, 2.24) is 9.80 Å². The van der Waals surface area contributed by atoms with Gasteiger partial charge in [0.2, 0.25) is 0 Å². The van der Waals surface area contributed by atoms with Gasteiger partial charge in [-0.05, 0) is 36.5 Å². The van der Waals surface area contributed by atoms with Crippen molar-refractivity contribution in [1.29, 1.82) is 0 Å². The summed E-state index contributed by atoms with van der Waals surface area (Å²) >= 11 is 0. The van der Waals surface area contributed by atoms with Crippen molar-refractivity contribution < 1.29 is 14.6 Å². The van der Waals surface area contributed by atoms with Crippen LogP contribution in [0.4, 0.5) is 0 Å². The fourth-order valence-corrected chi connectivity index (χ4v) is 4.26. The predicted molar refractivity (Wildman–Crippen MR) is 105 cm³/mol. The van der Waals surface area contributed by atoms with Crippen LogP contribution in [-0.4, -0.2) is 54.5 Å². The van der Waals surface area contributed by atoms with E-state index in [1.807, 2.05) is 47.7 Å². The molecule has 5 nitrogen and oxygen atoms in total. The molecule has 4 rings (SSSR count). The molecule has 1 fully saturated rings. The Morgan fingerprint density at radius 2 is 2.04 bits per heavy atom. The van der Waals surface area contributed by atoms with Crippen LogP contribution in [0.2, 0.25) is 0 Å². The summed E-state index contributed by atoms with van der Waals surface area (Å²) < 4.78 is 0. The summed E-state index contributed by atoms with van der Waals surface area (Å²) in [4.78, 5) is 32.0. The molecule has 2 amide bonds. The Balaban J connectivity index is 1.70. The first-order valence-corrected chi connectivity index (χ1v) is 9.69. The largest absolute Gasteiger partial charge is 0.345 e. The average Bonchev–Trinajstić information content (AvgIpc) is 3.35. The van der Waals surface area contributed by atoms with Crippen molar-refractivity contribution in [2.24, 2.45) is 5.92 Å². The molecule has 1 aromatic rings. The van der Waals surface area contributed by atoms with Crippen LogP contribution in [0.1, 0.15) is 41.6 Å². The Morgan fingerprint density at radius 1 is 1.26 bits per heavy atom. The number of nitrogens with one attached hydrogen (secondary N) is 1. The Kier molecular flexibility index (Phi) is 4.68. The molecule has 1 aliphatic carbocycles. The van der Waals surface area contributed by atoms with Crippen LogP contribution in [0.25, 0.3) is 5.57 Å². The van der Waals surface area contributed by atoms with Gasteiger partial charge in [-0.15, -0.1) is 0 Å². The number of fused-ring (bicyclic) bond motifs is 1. The third-order valence-electron chi connectivity index (χ3n) is 5.72. The fraction of sp³-hybridized carbons (Fsp3) is 0.409. The molecule has 1 aromatic carbocycles. The molecule has 1 unspecified atom stereocenters. The third-order valence-corrected chi connectivity index (χ3v) is 5.72. The van der Waals surface area contributed by atoms with E-state index < -0.39 is 0 Å². The van der Waals surface area contributed by atoms with Gasteiger partial charge >= 0.3 is 0 Å². The van der Waals surface area contributed by atoms with E-state index in [2.05, 4.69) is 4.99 Å². The number of benzene rings is 1. The zero-order chi connectivity index (χ0) is 19.0. The molecule has 1 saturated carbocycles. The van der Waals surface area contributed by atoms with Crippen molar-refractivity contribution >= 4 is 23.6 Å². The summed E-state index contributed by atoms with van der Waals surface area (Å²) in [5.74, 6) is 0.684. The number of nitrogens with zero attached hydrogens (tertiary/aromatic N) is 2. The zero-order valence-corrected chi connectivity index (χ0v) is 15.9.